The van der Waals surface area contributed by atoms with Crippen LogP contribution in [0.1, 0.15) is 37.7 Å². The first-order valence-corrected chi connectivity index (χ1v) is 6.92. The Morgan fingerprint density at radius 1 is 1.56 bits per heavy atom. The molecule has 6 heteroatoms. The highest BCUT2D eigenvalue weighted by atomic mass is 32.1. The van der Waals surface area contributed by atoms with Gasteiger partial charge in [0.25, 0.3) is 0 Å². The maximum atomic E-state index is 11.1. The molecule has 0 aromatic carbocycles. The van der Waals surface area contributed by atoms with Crippen LogP contribution in [-0.2, 0) is 0 Å². The molecule has 1 aromatic rings. The molecule has 2 rings (SSSR count). The summed E-state index contributed by atoms with van der Waals surface area (Å²) < 4.78 is 0. The van der Waals surface area contributed by atoms with Crippen LogP contribution in [0.4, 0.5) is 10.7 Å². The molecule has 1 N–H and O–H groups in total. The van der Waals surface area contributed by atoms with Crippen LogP contribution in [0.2, 0.25) is 0 Å². The molecule has 2 atom stereocenters. The van der Waals surface area contributed by atoms with Crippen molar-refractivity contribution in [1.82, 2.24) is 0 Å². The van der Waals surface area contributed by atoms with Crippen LogP contribution in [0.3, 0.4) is 0 Å². The molecule has 0 aliphatic heterocycles. The Morgan fingerprint density at radius 3 is 2.61 bits per heavy atom. The SMILES string of the molecule is CC(C1CC1)N(C)c1sc([C@H](C)O)cc1[N+](=O)[O-]. The normalized spacial score (nSPS) is 18.4. The van der Waals surface area contributed by atoms with E-state index in [-0.39, 0.29) is 10.6 Å². The maximum Gasteiger partial charge on any atom is 0.304 e. The van der Waals surface area contributed by atoms with Gasteiger partial charge in [0.05, 0.1) is 11.0 Å². The third-order valence-electron chi connectivity index (χ3n) is 3.56. The quantitative estimate of drug-likeness (QED) is 0.660. The molecule has 1 aromatic heterocycles. The van der Waals surface area contributed by atoms with E-state index >= 15 is 0 Å². The second-order valence-electron chi connectivity index (χ2n) is 4.96. The number of anilines is 1. The van der Waals surface area contributed by atoms with E-state index in [2.05, 4.69) is 6.92 Å². The lowest BCUT2D eigenvalue weighted by Gasteiger charge is -2.24. The van der Waals surface area contributed by atoms with Gasteiger partial charge in [0.2, 0.25) is 0 Å². The van der Waals surface area contributed by atoms with Gasteiger partial charge in [0.15, 0.2) is 5.00 Å². The van der Waals surface area contributed by atoms with Gasteiger partial charge in [-0.3, -0.25) is 10.1 Å². The zero-order valence-corrected chi connectivity index (χ0v) is 11.6. The minimum absolute atomic E-state index is 0.103. The Balaban J connectivity index is 2.31. The van der Waals surface area contributed by atoms with Crippen LogP contribution in [0, 0.1) is 16.0 Å². The number of hydrogen-bond acceptors (Lipinski definition) is 5. The van der Waals surface area contributed by atoms with Crippen molar-refractivity contribution in [3.05, 3.63) is 21.1 Å². The lowest BCUT2D eigenvalue weighted by molar-refractivity contribution is -0.383. The van der Waals surface area contributed by atoms with Gasteiger partial charge < -0.3 is 10.0 Å². The van der Waals surface area contributed by atoms with E-state index < -0.39 is 6.10 Å². The van der Waals surface area contributed by atoms with Gasteiger partial charge in [-0.05, 0) is 32.6 Å². The Kier molecular flexibility index (Phi) is 3.59. The van der Waals surface area contributed by atoms with Crippen LogP contribution >= 0.6 is 11.3 Å². The molecule has 100 valence electrons. The van der Waals surface area contributed by atoms with E-state index in [1.165, 1.54) is 30.2 Å². The van der Waals surface area contributed by atoms with Gasteiger partial charge >= 0.3 is 5.69 Å². The second-order valence-corrected chi connectivity index (χ2v) is 6.02. The predicted molar refractivity (Wildman–Crippen MR) is 72.2 cm³/mol. The summed E-state index contributed by atoms with van der Waals surface area (Å²) in [5.74, 6) is 0.645. The third kappa shape index (κ3) is 2.49. The number of thiophene rings is 1. The Hall–Kier alpha value is -1.14. The first kappa shape index (κ1) is 13.3. The third-order valence-corrected chi connectivity index (χ3v) is 4.94. The smallest absolute Gasteiger partial charge is 0.304 e. The molecule has 0 radical (unpaired) electrons. The van der Waals surface area contributed by atoms with Crippen molar-refractivity contribution in [2.45, 2.75) is 38.8 Å². The molecular weight excluding hydrogens is 252 g/mol. The second kappa shape index (κ2) is 4.85. The van der Waals surface area contributed by atoms with E-state index in [0.29, 0.717) is 21.8 Å². The average molecular weight is 270 g/mol. The van der Waals surface area contributed by atoms with Crippen molar-refractivity contribution < 1.29 is 10.0 Å². The van der Waals surface area contributed by atoms with E-state index in [4.69, 9.17) is 0 Å². The number of rotatable bonds is 5. The first-order chi connectivity index (χ1) is 8.41. The Bertz CT molecular complexity index is 454. The van der Waals surface area contributed by atoms with Crippen LogP contribution in [0.25, 0.3) is 0 Å². The van der Waals surface area contributed by atoms with Crippen LogP contribution in [-0.4, -0.2) is 23.1 Å². The monoisotopic (exact) mass is 270 g/mol. The first-order valence-electron chi connectivity index (χ1n) is 6.10. The summed E-state index contributed by atoms with van der Waals surface area (Å²) >= 11 is 1.31. The highest BCUT2D eigenvalue weighted by Gasteiger charge is 2.34. The van der Waals surface area contributed by atoms with E-state index in [0.717, 1.165) is 0 Å². The van der Waals surface area contributed by atoms with Crippen molar-refractivity contribution in [3.63, 3.8) is 0 Å². The fourth-order valence-electron chi connectivity index (χ4n) is 2.06. The number of nitro groups is 1. The number of nitrogens with zero attached hydrogens (tertiary/aromatic N) is 2. The van der Waals surface area contributed by atoms with Crippen molar-refractivity contribution in [2.75, 3.05) is 11.9 Å². The average Bonchev–Trinajstić information content (AvgIpc) is 3.04. The summed E-state index contributed by atoms with van der Waals surface area (Å²) in [5.41, 5.74) is 0.103. The van der Waals surface area contributed by atoms with E-state index in [1.54, 1.807) is 6.92 Å². The summed E-state index contributed by atoms with van der Waals surface area (Å²) in [4.78, 5) is 13.3. The summed E-state index contributed by atoms with van der Waals surface area (Å²) in [7, 11) is 1.90. The predicted octanol–water partition coefficient (Wildman–Crippen LogP) is 2.94. The van der Waals surface area contributed by atoms with E-state index in [9.17, 15) is 15.2 Å². The number of aliphatic hydroxyl groups excluding tert-OH is 1. The summed E-state index contributed by atoms with van der Waals surface area (Å²) in [6.45, 7) is 3.73. The van der Waals surface area contributed by atoms with Crippen molar-refractivity contribution >= 4 is 22.0 Å². The maximum absolute atomic E-state index is 11.1. The van der Waals surface area contributed by atoms with Gasteiger partial charge in [0, 0.05) is 24.0 Å². The number of aliphatic hydroxyl groups is 1. The lowest BCUT2D eigenvalue weighted by Crippen LogP contribution is -2.30. The van der Waals surface area contributed by atoms with Crippen LogP contribution in [0.5, 0.6) is 0 Å². The summed E-state index contributed by atoms with van der Waals surface area (Å²) in [5, 5.41) is 21.3. The van der Waals surface area contributed by atoms with Gasteiger partial charge in [-0.25, -0.2) is 0 Å². The lowest BCUT2D eigenvalue weighted by atomic mass is 10.2. The van der Waals surface area contributed by atoms with Gasteiger partial charge in [0.1, 0.15) is 0 Å². The molecule has 1 aliphatic rings. The molecule has 0 spiro atoms. The molecule has 5 nitrogen and oxygen atoms in total. The molecule has 1 aliphatic carbocycles. The van der Waals surface area contributed by atoms with Gasteiger partial charge in [-0.1, -0.05) is 0 Å². The van der Waals surface area contributed by atoms with Crippen molar-refractivity contribution in [1.29, 1.82) is 0 Å². The van der Waals surface area contributed by atoms with Crippen LogP contribution in [0.15, 0.2) is 6.07 Å². The fourth-order valence-corrected chi connectivity index (χ4v) is 3.17. The van der Waals surface area contributed by atoms with Crippen molar-refractivity contribution in [2.24, 2.45) is 5.92 Å². The molecule has 1 heterocycles. The summed E-state index contributed by atoms with van der Waals surface area (Å²) in [6, 6.07) is 1.80. The standard InChI is InChI=1S/C12H18N2O3S/c1-7(9-4-5-9)13(3)12-10(14(16)17)6-11(18-12)8(2)15/h6-9,15H,4-5H2,1-3H3/t7?,8-/m0/s1. The summed E-state index contributed by atoms with van der Waals surface area (Å²) in [6.07, 6.45) is 1.74. The highest BCUT2D eigenvalue weighted by Crippen LogP contribution is 2.43. The topological polar surface area (TPSA) is 66.6 Å². The van der Waals surface area contributed by atoms with E-state index in [1.807, 2.05) is 11.9 Å². The van der Waals surface area contributed by atoms with Crippen molar-refractivity contribution in [3.8, 4) is 0 Å². The van der Waals surface area contributed by atoms with Gasteiger partial charge in [-0.15, -0.1) is 11.3 Å². The van der Waals surface area contributed by atoms with Gasteiger partial charge in [-0.2, -0.15) is 0 Å². The molecule has 1 saturated carbocycles. The Morgan fingerprint density at radius 2 is 2.17 bits per heavy atom. The van der Waals surface area contributed by atoms with Crippen LogP contribution < -0.4 is 4.90 Å². The fraction of sp³-hybridized carbons (Fsp3) is 0.667. The molecule has 1 fully saturated rings. The Labute approximate surface area is 110 Å². The molecule has 0 saturated heterocycles. The molecule has 1 unspecified atom stereocenters. The number of hydrogen-bond donors (Lipinski definition) is 1. The molecule has 0 amide bonds. The molecule has 18 heavy (non-hydrogen) atoms. The molecular formula is C12H18N2O3S. The highest BCUT2D eigenvalue weighted by molar-refractivity contribution is 7.16. The molecule has 0 bridgehead atoms. The minimum Gasteiger partial charge on any atom is -0.388 e. The zero-order chi connectivity index (χ0) is 13.4. The minimum atomic E-state index is -0.660. The largest absolute Gasteiger partial charge is 0.388 e. The zero-order valence-electron chi connectivity index (χ0n) is 10.8.